The van der Waals surface area contributed by atoms with Crippen molar-refractivity contribution in [3.05, 3.63) is 70.3 Å². The minimum Gasteiger partial charge on any atom is -0.480 e. The Balaban J connectivity index is 1.94. The lowest BCUT2D eigenvalue weighted by molar-refractivity contribution is -0.384. The van der Waals surface area contributed by atoms with Crippen molar-refractivity contribution in [3.63, 3.8) is 0 Å². The molecule has 0 bridgehead atoms. The van der Waals surface area contributed by atoms with Crippen LogP contribution in [0.5, 0.6) is 0 Å². The molecule has 1 amide bonds. The molecule has 2 aromatic rings. The summed E-state index contributed by atoms with van der Waals surface area (Å²) in [4.78, 5) is 34.3. The smallest absolute Gasteiger partial charge is 0.326 e. The third kappa shape index (κ3) is 6.30. The maximum Gasteiger partial charge on any atom is 0.326 e. The van der Waals surface area contributed by atoms with Gasteiger partial charge >= 0.3 is 5.97 Å². The summed E-state index contributed by atoms with van der Waals surface area (Å²) in [5, 5.41) is 22.4. The average Bonchev–Trinajstić information content (AvgIpc) is 2.65. The Labute approximate surface area is 157 Å². The van der Waals surface area contributed by atoms with E-state index in [0.29, 0.717) is 10.5 Å². The second-order valence-corrected chi connectivity index (χ2v) is 7.28. The molecule has 0 aliphatic rings. The number of benzene rings is 2. The van der Waals surface area contributed by atoms with Gasteiger partial charge in [-0.15, -0.1) is 0 Å². The molecular formula is C18H18N2O6S. The molecule has 9 heteroatoms. The van der Waals surface area contributed by atoms with Gasteiger partial charge in [-0.3, -0.25) is 19.1 Å². The Bertz CT molecular complexity index is 856. The fraction of sp³-hybridized carbons (Fsp3) is 0.222. The van der Waals surface area contributed by atoms with Gasteiger partial charge in [0.1, 0.15) is 6.04 Å². The lowest BCUT2D eigenvalue weighted by atomic mass is 10.1. The number of nitro benzene ring substituents is 1. The number of carboxylic acid groups (broad SMARTS) is 1. The Morgan fingerprint density at radius 1 is 1.15 bits per heavy atom. The number of aliphatic carboxylic acids is 1. The number of nitrogens with one attached hydrogen (secondary N) is 1. The Hall–Kier alpha value is -3.07. The van der Waals surface area contributed by atoms with E-state index in [1.807, 2.05) is 0 Å². The highest BCUT2D eigenvalue weighted by molar-refractivity contribution is 7.85. The zero-order chi connectivity index (χ0) is 19.8. The van der Waals surface area contributed by atoms with Gasteiger partial charge in [0.15, 0.2) is 0 Å². The summed E-state index contributed by atoms with van der Waals surface area (Å²) in [6.45, 7) is 0. The van der Waals surface area contributed by atoms with Crippen molar-refractivity contribution in [2.45, 2.75) is 23.8 Å². The topological polar surface area (TPSA) is 127 Å². The summed E-state index contributed by atoms with van der Waals surface area (Å²) < 4.78 is 12.2. The Morgan fingerprint density at radius 3 is 2.48 bits per heavy atom. The van der Waals surface area contributed by atoms with Crippen LogP contribution in [0.25, 0.3) is 0 Å². The van der Waals surface area contributed by atoms with Crippen molar-refractivity contribution < 1.29 is 23.8 Å². The number of carbonyl (C=O) groups excluding carboxylic acids is 1. The molecule has 142 valence electrons. The van der Waals surface area contributed by atoms with Crippen LogP contribution in [0.1, 0.15) is 12.0 Å². The van der Waals surface area contributed by atoms with Crippen LogP contribution in [-0.4, -0.2) is 37.9 Å². The molecular weight excluding hydrogens is 372 g/mol. The molecule has 8 nitrogen and oxygen atoms in total. The summed E-state index contributed by atoms with van der Waals surface area (Å²) in [6.07, 6.45) is -0.190. The fourth-order valence-electron chi connectivity index (χ4n) is 2.38. The monoisotopic (exact) mass is 390 g/mol. The summed E-state index contributed by atoms with van der Waals surface area (Å²) in [5.74, 6) is -1.72. The van der Waals surface area contributed by atoms with Gasteiger partial charge in [-0.1, -0.05) is 30.3 Å². The van der Waals surface area contributed by atoms with E-state index in [2.05, 4.69) is 5.32 Å². The van der Waals surface area contributed by atoms with Crippen LogP contribution >= 0.6 is 0 Å². The maximum absolute atomic E-state index is 12.2. The Kier molecular flexibility index (Phi) is 7.18. The van der Waals surface area contributed by atoms with Crippen molar-refractivity contribution in [1.29, 1.82) is 0 Å². The first-order valence-electron chi connectivity index (χ1n) is 8.05. The minimum atomic E-state index is -1.37. The highest BCUT2D eigenvalue weighted by atomic mass is 32.2. The highest BCUT2D eigenvalue weighted by Gasteiger charge is 2.21. The molecule has 0 saturated carbocycles. The number of carboxylic acids is 1. The molecule has 2 atom stereocenters. The molecule has 2 N–H and O–H groups in total. The van der Waals surface area contributed by atoms with Crippen LogP contribution in [0.15, 0.2) is 59.5 Å². The van der Waals surface area contributed by atoms with Crippen LogP contribution in [0.4, 0.5) is 5.69 Å². The maximum atomic E-state index is 12.2. The van der Waals surface area contributed by atoms with Crippen molar-refractivity contribution >= 4 is 28.4 Å². The molecule has 0 unspecified atom stereocenters. The summed E-state index contributed by atoms with van der Waals surface area (Å²) in [7, 11) is -1.37. The summed E-state index contributed by atoms with van der Waals surface area (Å²) in [6, 6.07) is 13.0. The Morgan fingerprint density at radius 2 is 1.85 bits per heavy atom. The molecule has 0 aromatic heterocycles. The quantitative estimate of drug-likeness (QED) is 0.497. The van der Waals surface area contributed by atoms with Crippen LogP contribution < -0.4 is 5.32 Å². The number of hydrogen-bond donors (Lipinski definition) is 2. The molecule has 0 saturated heterocycles. The van der Waals surface area contributed by atoms with Gasteiger partial charge in [0.05, 0.1) is 22.1 Å². The normalized spacial score (nSPS) is 12.7. The third-order valence-electron chi connectivity index (χ3n) is 3.72. The highest BCUT2D eigenvalue weighted by Crippen LogP contribution is 2.14. The van der Waals surface area contributed by atoms with E-state index in [9.17, 15) is 29.0 Å². The molecule has 0 aliphatic carbocycles. The minimum absolute atomic E-state index is 0.00246. The standard InChI is InChI=1S/C18H18N2O6S/c21-17(12-13-5-4-6-14(11-13)20(24)25)19-16(18(22)23)9-10-27(26)15-7-2-1-3-8-15/h1-8,11,16H,9-10,12H2,(H,19,21)(H,22,23)/t16-,27-/m0/s1. The fourth-order valence-corrected chi connectivity index (χ4v) is 3.53. The zero-order valence-electron chi connectivity index (χ0n) is 14.2. The van der Waals surface area contributed by atoms with Gasteiger partial charge in [0, 0.05) is 22.8 Å². The number of rotatable bonds is 9. The van der Waals surface area contributed by atoms with Crippen molar-refractivity contribution in [3.8, 4) is 0 Å². The van der Waals surface area contributed by atoms with E-state index < -0.39 is 33.6 Å². The van der Waals surface area contributed by atoms with E-state index >= 15 is 0 Å². The number of hydrogen-bond acceptors (Lipinski definition) is 5. The van der Waals surface area contributed by atoms with Gasteiger partial charge in [-0.05, 0) is 24.1 Å². The van der Waals surface area contributed by atoms with Gasteiger partial charge in [-0.25, -0.2) is 4.79 Å². The molecule has 0 spiro atoms. The van der Waals surface area contributed by atoms with Crippen LogP contribution in [-0.2, 0) is 26.8 Å². The lowest BCUT2D eigenvalue weighted by Gasteiger charge is -2.14. The zero-order valence-corrected chi connectivity index (χ0v) is 15.1. The summed E-state index contributed by atoms with van der Waals surface area (Å²) >= 11 is 0. The first kappa shape index (κ1) is 20.2. The largest absolute Gasteiger partial charge is 0.480 e. The van der Waals surface area contributed by atoms with Gasteiger partial charge in [-0.2, -0.15) is 0 Å². The van der Waals surface area contributed by atoms with E-state index in [0.717, 1.165) is 0 Å². The molecule has 2 rings (SSSR count). The van der Waals surface area contributed by atoms with Gasteiger partial charge in [0.25, 0.3) is 5.69 Å². The SMILES string of the molecule is O=C(Cc1cccc([N+](=O)[O-])c1)N[C@@H](CC[S@](=O)c1ccccc1)C(=O)O. The molecule has 0 radical (unpaired) electrons. The number of nitro groups is 1. The second-order valence-electron chi connectivity index (χ2n) is 5.71. The predicted octanol–water partition coefficient (Wildman–Crippen LogP) is 1.90. The molecule has 0 heterocycles. The first-order valence-corrected chi connectivity index (χ1v) is 9.37. The average molecular weight is 390 g/mol. The predicted molar refractivity (Wildman–Crippen MR) is 98.7 cm³/mol. The van der Waals surface area contributed by atoms with E-state index in [4.69, 9.17) is 0 Å². The number of nitrogens with zero attached hydrogens (tertiary/aromatic N) is 1. The first-order chi connectivity index (χ1) is 12.9. The van der Waals surface area contributed by atoms with Crippen molar-refractivity contribution in [1.82, 2.24) is 5.32 Å². The number of non-ortho nitro benzene ring substituents is 1. The molecule has 27 heavy (non-hydrogen) atoms. The summed E-state index contributed by atoms with van der Waals surface area (Å²) in [5.41, 5.74) is 0.257. The van der Waals surface area contributed by atoms with E-state index in [-0.39, 0.29) is 24.3 Å². The third-order valence-corrected chi connectivity index (χ3v) is 5.12. The second kappa shape index (κ2) is 9.58. The molecule has 0 aliphatic heterocycles. The number of amides is 1. The van der Waals surface area contributed by atoms with Crippen LogP contribution in [0, 0.1) is 10.1 Å². The molecule has 2 aromatic carbocycles. The van der Waals surface area contributed by atoms with Gasteiger partial charge < -0.3 is 10.4 Å². The van der Waals surface area contributed by atoms with E-state index in [1.165, 1.54) is 18.2 Å². The lowest BCUT2D eigenvalue weighted by Crippen LogP contribution is -2.42. The van der Waals surface area contributed by atoms with E-state index in [1.54, 1.807) is 36.4 Å². The van der Waals surface area contributed by atoms with Crippen LogP contribution in [0.3, 0.4) is 0 Å². The molecule has 0 fully saturated rings. The van der Waals surface area contributed by atoms with Crippen molar-refractivity contribution in [2.75, 3.05) is 5.75 Å². The van der Waals surface area contributed by atoms with Crippen molar-refractivity contribution in [2.24, 2.45) is 0 Å². The van der Waals surface area contributed by atoms with Crippen LogP contribution in [0.2, 0.25) is 0 Å². The van der Waals surface area contributed by atoms with Gasteiger partial charge in [0.2, 0.25) is 5.91 Å². The number of carbonyl (C=O) groups is 2.